The zero-order valence-corrected chi connectivity index (χ0v) is 9.16. The zero-order chi connectivity index (χ0) is 12.1. The number of aliphatic imine (C=N–C) groups is 1. The van der Waals surface area contributed by atoms with Gasteiger partial charge >= 0.3 is 0 Å². The smallest absolute Gasteiger partial charge is 0.167 e. The van der Waals surface area contributed by atoms with Gasteiger partial charge in [0.2, 0.25) is 0 Å². The summed E-state index contributed by atoms with van der Waals surface area (Å²) in [5.41, 5.74) is 1.15. The maximum atomic E-state index is 12.9. The third-order valence-electron chi connectivity index (χ3n) is 1.97. The number of hydrogen-bond acceptors (Lipinski definition) is 4. The van der Waals surface area contributed by atoms with E-state index in [1.807, 2.05) is 0 Å². The molecule has 0 amide bonds. The lowest BCUT2D eigenvalue weighted by atomic mass is 10.1. The molecule has 5 heteroatoms. The maximum absolute atomic E-state index is 12.9. The summed E-state index contributed by atoms with van der Waals surface area (Å²) in [5, 5.41) is 2.53. The van der Waals surface area contributed by atoms with E-state index < -0.39 is 6.30 Å². The minimum atomic E-state index is -1.26. The summed E-state index contributed by atoms with van der Waals surface area (Å²) in [6.07, 6.45) is -0.601. The Kier molecular flexibility index (Phi) is 3.99. The Morgan fingerprint density at radius 3 is 2.75 bits per heavy atom. The number of carbonyl (C=O) groups excluding carboxylic acids is 1. The van der Waals surface area contributed by atoms with Gasteiger partial charge in [0.15, 0.2) is 6.30 Å². The van der Waals surface area contributed by atoms with Crippen LogP contribution in [-0.2, 0) is 0 Å². The molecule has 1 rings (SSSR count). The van der Waals surface area contributed by atoms with Crippen molar-refractivity contribution >= 4 is 24.4 Å². The Morgan fingerprint density at radius 1 is 1.62 bits per heavy atom. The fourth-order valence-electron chi connectivity index (χ4n) is 1.34. The van der Waals surface area contributed by atoms with E-state index in [0.29, 0.717) is 29.0 Å². The first-order valence-corrected chi connectivity index (χ1v) is 4.67. The number of halogens is 1. The highest BCUT2D eigenvalue weighted by molar-refractivity contribution is 5.85. The van der Waals surface area contributed by atoms with Crippen molar-refractivity contribution in [1.29, 1.82) is 0 Å². The fraction of sp³-hybridized carbons (Fsp3) is 0.273. The van der Waals surface area contributed by atoms with Crippen LogP contribution in [0.15, 0.2) is 17.1 Å². The molecule has 0 aliphatic heterocycles. The predicted molar refractivity (Wildman–Crippen MR) is 61.8 cm³/mol. The summed E-state index contributed by atoms with van der Waals surface area (Å²) in [6.45, 7) is 4.72. The van der Waals surface area contributed by atoms with Crippen molar-refractivity contribution in [2.45, 2.75) is 13.2 Å². The normalized spacial score (nSPS) is 11.7. The van der Waals surface area contributed by atoms with Crippen molar-refractivity contribution in [1.82, 2.24) is 0 Å². The molecule has 16 heavy (non-hydrogen) atoms. The molecule has 0 saturated heterocycles. The molecule has 0 fully saturated rings. The first kappa shape index (κ1) is 12.2. The highest BCUT2D eigenvalue weighted by atomic mass is 19.1. The molecule has 0 heterocycles. The van der Waals surface area contributed by atoms with Crippen molar-refractivity contribution in [3.63, 3.8) is 0 Å². The Bertz CT molecular complexity index is 405. The third kappa shape index (κ3) is 2.56. The summed E-state index contributed by atoms with van der Waals surface area (Å²) < 4.78 is 17.9. The summed E-state index contributed by atoms with van der Waals surface area (Å²) >= 11 is 0. The van der Waals surface area contributed by atoms with Crippen LogP contribution < -0.4 is 10.1 Å². The first-order valence-electron chi connectivity index (χ1n) is 4.67. The second-order valence-electron chi connectivity index (χ2n) is 3.16. The van der Waals surface area contributed by atoms with Gasteiger partial charge in [-0.1, -0.05) is 0 Å². The number of nitrogens with one attached hydrogen (secondary N) is 1. The number of rotatable bonds is 5. The average Bonchev–Trinajstić information content (AvgIpc) is 2.27. The molecule has 1 aromatic rings. The number of alkyl halides is 1. The van der Waals surface area contributed by atoms with E-state index in [2.05, 4.69) is 17.0 Å². The fourth-order valence-corrected chi connectivity index (χ4v) is 1.34. The van der Waals surface area contributed by atoms with Gasteiger partial charge in [0.05, 0.1) is 12.8 Å². The molecule has 0 aliphatic rings. The SMILES string of the molecule is C=Nc1c(NC(C)F)cc(C=O)cc1OC. The van der Waals surface area contributed by atoms with Gasteiger partial charge < -0.3 is 10.1 Å². The van der Waals surface area contributed by atoms with Gasteiger partial charge in [0.25, 0.3) is 0 Å². The third-order valence-corrected chi connectivity index (χ3v) is 1.97. The largest absolute Gasteiger partial charge is 0.494 e. The molecule has 1 aromatic carbocycles. The van der Waals surface area contributed by atoms with Crippen molar-refractivity contribution in [3.8, 4) is 5.75 Å². The molecule has 1 atom stereocenters. The molecule has 0 radical (unpaired) electrons. The van der Waals surface area contributed by atoms with E-state index >= 15 is 0 Å². The summed E-state index contributed by atoms with van der Waals surface area (Å²) in [7, 11) is 1.45. The van der Waals surface area contributed by atoms with Crippen LogP contribution in [0.4, 0.5) is 15.8 Å². The molecular weight excluding hydrogens is 211 g/mol. The van der Waals surface area contributed by atoms with Crippen molar-refractivity contribution in [2.75, 3.05) is 12.4 Å². The van der Waals surface area contributed by atoms with Crippen LogP contribution in [-0.4, -0.2) is 26.4 Å². The molecule has 1 N–H and O–H groups in total. The zero-order valence-electron chi connectivity index (χ0n) is 9.16. The van der Waals surface area contributed by atoms with Crippen molar-refractivity contribution in [3.05, 3.63) is 17.7 Å². The van der Waals surface area contributed by atoms with E-state index in [9.17, 15) is 9.18 Å². The quantitative estimate of drug-likeness (QED) is 0.475. The van der Waals surface area contributed by atoms with Gasteiger partial charge in [-0.05, 0) is 25.8 Å². The standard InChI is InChI=1S/C11H13FN2O2/c1-7(12)14-9-4-8(6-15)5-10(16-3)11(9)13-2/h4-7,14H,2H2,1,3H3. The number of ether oxygens (including phenoxy) is 1. The minimum Gasteiger partial charge on any atom is -0.494 e. The molecule has 0 aromatic heterocycles. The monoisotopic (exact) mass is 224 g/mol. The number of benzene rings is 1. The Labute approximate surface area is 93.1 Å². The van der Waals surface area contributed by atoms with Crippen LogP contribution in [0.5, 0.6) is 5.75 Å². The lowest BCUT2D eigenvalue weighted by Gasteiger charge is -2.13. The highest BCUT2D eigenvalue weighted by Crippen LogP contribution is 2.36. The average molecular weight is 224 g/mol. The number of hydrogen-bond donors (Lipinski definition) is 1. The van der Waals surface area contributed by atoms with Crippen LogP contribution in [0, 0.1) is 0 Å². The number of nitrogens with zero attached hydrogens (tertiary/aromatic N) is 1. The second-order valence-corrected chi connectivity index (χ2v) is 3.16. The van der Waals surface area contributed by atoms with Gasteiger partial charge in [-0.25, -0.2) is 4.39 Å². The van der Waals surface area contributed by atoms with Crippen molar-refractivity contribution in [2.24, 2.45) is 4.99 Å². The highest BCUT2D eigenvalue weighted by Gasteiger charge is 2.11. The van der Waals surface area contributed by atoms with Gasteiger partial charge in [-0.15, -0.1) is 0 Å². The minimum absolute atomic E-state index is 0.378. The summed E-state index contributed by atoms with van der Waals surface area (Å²) in [5.74, 6) is 0.378. The van der Waals surface area contributed by atoms with E-state index in [4.69, 9.17) is 4.74 Å². The van der Waals surface area contributed by atoms with Gasteiger partial charge in [0, 0.05) is 5.56 Å². The molecule has 4 nitrogen and oxygen atoms in total. The predicted octanol–water partition coefficient (Wildman–Crippen LogP) is 2.57. The topological polar surface area (TPSA) is 50.7 Å². The van der Waals surface area contributed by atoms with Crippen LogP contribution >= 0.6 is 0 Å². The molecule has 0 aliphatic carbocycles. The van der Waals surface area contributed by atoms with Gasteiger partial charge in [-0.3, -0.25) is 9.79 Å². The van der Waals surface area contributed by atoms with E-state index in [-0.39, 0.29) is 0 Å². The first-order chi connectivity index (χ1) is 7.62. The number of aldehydes is 1. The van der Waals surface area contributed by atoms with Gasteiger partial charge in [-0.2, -0.15) is 0 Å². The number of carbonyl (C=O) groups is 1. The Morgan fingerprint density at radius 2 is 2.31 bits per heavy atom. The van der Waals surface area contributed by atoms with E-state index in [1.54, 1.807) is 0 Å². The van der Waals surface area contributed by atoms with E-state index in [1.165, 1.54) is 26.2 Å². The Hall–Kier alpha value is -1.91. The lowest BCUT2D eigenvalue weighted by Crippen LogP contribution is -2.08. The van der Waals surface area contributed by atoms with Crippen LogP contribution in [0.2, 0.25) is 0 Å². The molecule has 0 bridgehead atoms. The molecule has 1 unspecified atom stereocenters. The summed E-state index contributed by atoms with van der Waals surface area (Å²) in [4.78, 5) is 14.4. The van der Waals surface area contributed by atoms with E-state index in [0.717, 1.165) is 0 Å². The lowest BCUT2D eigenvalue weighted by molar-refractivity contribution is 0.112. The van der Waals surface area contributed by atoms with Crippen LogP contribution in [0.3, 0.4) is 0 Å². The maximum Gasteiger partial charge on any atom is 0.167 e. The van der Waals surface area contributed by atoms with Gasteiger partial charge in [0.1, 0.15) is 17.7 Å². The second kappa shape index (κ2) is 5.25. The van der Waals surface area contributed by atoms with Crippen molar-refractivity contribution < 1.29 is 13.9 Å². The Balaban J connectivity index is 3.30. The molecule has 0 saturated carbocycles. The summed E-state index contributed by atoms with van der Waals surface area (Å²) in [6, 6.07) is 3.01. The molecule has 0 spiro atoms. The van der Waals surface area contributed by atoms with Crippen LogP contribution in [0.25, 0.3) is 0 Å². The molecule has 86 valence electrons. The number of anilines is 1. The molecular formula is C11H13FN2O2. The number of methoxy groups -OCH3 is 1. The van der Waals surface area contributed by atoms with Crippen LogP contribution in [0.1, 0.15) is 17.3 Å².